The second-order valence-electron chi connectivity index (χ2n) is 7.75. The summed E-state index contributed by atoms with van der Waals surface area (Å²) in [6.07, 6.45) is -0.809. The van der Waals surface area contributed by atoms with Gasteiger partial charge in [-0.25, -0.2) is 4.79 Å². The molecular weight excluding hydrogens is 435 g/mol. The molecule has 0 fully saturated rings. The van der Waals surface area contributed by atoms with Crippen LogP contribution in [0.15, 0.2) is 60.7 Å². The van der Waals surface area contributed by atoms with Crippen LogP contribution in [0.4, 0.5) is 13.2 Å². The molecule has 1 aliphatic rings. The molecule has 0 aromatic heterocycles. The van der Waals surface area contributed by atoms with Gasteiger partial charge in [-0.2, -0.15) is 13.2 Å². The van der Waals surface area contributed by atoms with E-state index in [-0.39, 0.29) is 13.0 Å². The topological polar surface area (TPSA) is 55.8 Å². The highest BCUT2D eigenvalue weighted by Crippen LogP contribution is 2.26. The van der Waals surface area contributed by atoms with Crippen LogP contribution in [0, 0.1) is 0 Å². The van der Waals surface area contributed by atoms with Gasteiger partial charge in [-0.1, -0.05) is 48.5 Å². The van der Waals surface area contributed by atoms with E-state index in [1.54, 1.807) is 0 Å². The monoisotopic (exact) mass is 461 g/mol. The van der Waals surface area contributed by atoms with Crippen LogP contribution in [-0.4, -0.2) is 49.3 Å². The second-order valence-corrected chi connectivity index (χ2v) is 7.75. The fourth-order valence-electron chi connectivity index (χ4n) is 3.53. The van der Waals surface area contributed by atoms with Crippen LogP contribution in [0.1, 0.15) is 30.4 Å². The minimum atomic E-state index is -5.17. The van der Waals surface area contributed by atoms with E-state index in [2.05, 4.69) is 16.9 Å². The van der Waals surface area contributed by atoms with Crippen molar-refractivity contribution in [3.05, 3.63) is 71.8 Å². The zero-order chi connectivity index (χ0) is 23.7. The molecule has 5 nitrogen and oxygen atoms in total. The molecule has 2 aromatic rings. The van der Waals surface area contributed by atoms with Crippen molar-refractivity contribution in [1.29, 1.82) is 0 Å². The van der Waals surface area contributed by atoms with E-state index >= 15 is 0 Å². The number of benzene rings is 2. The number of hydrogen-bond acceptors (Lipinski definition) is 5. The molecule has 0 amide bonds. The number of carbonyl (C=O) groups excluding carboxylic acids is 2. The Labute approximate surface area is 190 Å². The van der Waals surface area contributed by atoms with Gasteiger partial charge in [0.1, 0.15) is 5.75 Å². The Morgan fingerprint density at radius 2 is 1.82 bits per heavy atom. The molecule has 0 saturated carbocycles. The maximum absolute atomic E-state index is 12.1. The summed E-state index contributed by atoms with van der Waals surface area (Å²) in [6, 6.07) is 18.1. The minimum absolute atomic E-state index is 0.221. The summed E-state index contributed by atoms with van der Waals surface area (Å²) in [5.74, 6) is -2.85. The van der Waals surface area contributed by atoms with Gasteiger partial charge in [-0.05, 0) is 48.1 Å². The average molecular weight is 461 g/mol. The highest BCUT2D eigenvalue weighted by atomic mass is 19.4. The molecule has 8 heteroatoms. The van der Waals surface area contributed by atoms with Gasteiger partial charge in [0, 0.05) is 19.6 Å². The van der Waals surface area contributed by atoms with E-state index in [1.165, 1.54) is 5.56 Å². The van der Waals surface area contributed by atoms with E-state index in [0.29, 0.717) is 19.7 Å². The Kier molecular flexibility index (Phi) is 8.65. The second kappa shape index (κ2) is 11.7. The number of aryl methyl sites for hydroxylation is 1. The normalized spacial score (nSPS) is 14.5. The summed E-state index contributed by atoms with van der Waals surface area (Å²) >= 11 is 0. The van der Waals surface area contributed by atoms with Crippen LogP contribution in [-0.2, 0) is 20.7 Å². The number of hydrogen-bond donors (Lipinski definition) is 0. The summed E-state index contributed by atoms with van der Waals surface area (Å²) in [7, 11) is 0. The smallest absolute Gasteiger partial charge is 0.491 e. The van der Waals surface area contributed by atoms with Gasteiger partial charge in [0.25, 0.3) is 0 Å². The predicted molar refractivity (Wildman–Crippen MR) is 118 cm³/mol. The Hall–Kier alpha value is -3.13. The minimum Gasteiger partial charge on any atom is -0.494 e. The lowest BCUT2D eigenvalue weighted by Crippen LogP contribution is -2.33. The number of esters is 2. The third kappa shape index (κ3) is 8.05. The van der Waals surface area contributed by atoms with Gasteiger partial charge < -0.3 is 9.47 Å². The quantitative estimate of drug-likeness (QED) is 0.305. The van der Waals surface area contributed by atoms with Crippen LogP contribution < -0.4 is 4.74 Å². The molecule has 0 aliphatic carbocycles. The van der Waals surface area contributed by atoms with Gasteiger partial charge in [-0.3, -0.25) is 9.69 Å². The first kappa shape index (κ1) is 24.5. The lowest BCUT2D eigenvalue weighted by atomic mass is 9.99. The number of nitrogens with zero attached hydrogens (tertiary/aromatic N) is 1. The van der Waals surface area contributed by atoms with Crippen LogP contribution in [0.5, 0.6) is 5.75 Å². The van der Waals surface area contributed by atoms with Crippen molar-refractivity contribution < 1.29 is 32.2 Å². The van der Waals surface area contributed by atoms with Crippen LogP contribution in [0.25, 0.3) is 5.57 Å². The SMILES string of the molecule is O=C(CCN1CC=C(c2cccc(OCCCc3ccccc3)c2)CC1)OC(=O)C(F)(F)F. The molecule has 176 valence electrons. The fourth-order valence-corrected chi connectivity index (χ4v) is 3.53. The first-order chi connectivity index (χ1) is 15.8. The molecule has 1 aliphatic heterocycles. The first-order valence-corrected chi connectivity index (χ1v) is 10.8. The van der Waals surface area contributed by atoms with Gasteiger partial charge in [-0.15, -0.1) is 0 Å². The molecule has 0 atom stereocenters. The van der Waals surface area contributed by atoms with Crippen molar-refractivity contribution in [3.63, 3.8) is 0 Å². The molecule has 0 spiro atoms. The van der Waals surface area contributed by atoms with Crippen LogP contribution >= 0.6 is 0 Å². The van der Waals surface area contributed by atoms with Crippen molar-refractivity contribution in [2.75, 3.05) is 26.2 Å². The third-order valence-electron chi connectivity index (χ3n) is 5.29. The Balaban J connectivity index is 1.42. The van der Waals surface area contributed by atoms with Crippen LogP contribution in [0.3, 0.4) is 0 Å². The molecule has 3 rings (SSSR count). The molecule has 0 N–H and O–H groups in total. The maximum atomic E-state index is 12.1. The van der Waals surface area contributed by atoms with Crippen LogP contribution in [0.2, 0.25) is 0 Å². The molecule has 33 heavy (non-hydrogen) atoms. The fraction of sp³-hybridized carbons (Fsp3) is 0.360. The van der Waals surface area contributed by atoms with E-state index in [0.717, 1.165) is 36.1 Å². The van der Waals surface area contributed by atoms with Gasteiger partial charge in [0.05, 0.1) is 13.0 Å². The largest absolute Gasteiger partial charge is 0.494 e. The van der Waals surface area contributed by atoms with Gasteiger partial charge in [0.15, 0.2) is 0 Å². The molecule has 0 unspecified atom stereocenters. The van der Waals surface area contributed by atoms with Crippen molar-refractivity contribution in [2.24, 2.45) is 0 Å². The summed E-state index contributed by atoms with van der Waals surface area (Å²) in [5, 5.41) is 0. The predicted octanol–water partition coefficient (Wildman–Crippen LogP) is 4.81. The Bertz CT molecular complexity index is 973. The number of rotatable bonds is 9. The zero-order valence-electron chi connectivity index (χ0n) is 18.1. The van der Waals surface area contributed by atoms with E-state index < -0.39 is 18.1 Å². The van der Waals surface area contributed by atoms with Crippen molar-refractivity contribution in [2.45, 2.75) is 31.9 Å². The molecule has 0 radical (unpaired) electrons. The molecule has 0 bridgehead atoms. The number of carbonyl (C=O) groups is 2. The number of alkyl halides is 3. The lowest BCUT2D eigenvalue weighted by molar-refractivity contribution is -0.201. The molecule has 2 aromatic carbocycles. The standard InChI is InChI=1S/C25H26F3NO4/c26-25(27,28)24(31)33-23(30)13-16-29-14-11-20(12-15-29)21-9-4-10-22(18-21)32-17-5-8-19-6-2-1-3-7-19/h1-4,6-7,9-11,18H,5,8,12-17H2. The Morgan fingerprint density at radius 1 is 1.03 bits per heavy atom. The summed E-state index contributed by atoms with van der Waals surface area (Å²) in [6.45, 7) is 2.04. The van der Waals surface area contributed by atoms with Crippen molar-refractivity contribution in [3.8, 4) is 5.75 Å². The average Bonchev–Trinajstić information content (AvgIpc) is 2.81. The maximum Gasteiger partial charge on any atom is 0.491 e. The number of halogens is 3. The van der Waals surface area contributed by atoms with Gasteiger partial charge >= 0.3 is 18.1 Å². The highest BCUT2D eigenvalue weighted by Gasteiger charge is 2.42. The molecule has 0 saturated heterocycles. The van der Waals surface area contributed by atoms with Crippen molar-refractivity contribution >= 4 is 17.5 Å². The summed E-state index contributed by atoms with van der Waals surface area (Å²) < 4.78 is 46.1. The van der Waals surface area contributed by atoms with E-state index in [1.807, 2.05) is 53.4 Å². The van der Waals surface area contributed by atoms with Crippen molar-refractivity contribution in [1.82, 2.24) is 4.90 Å². The zero-order valence-corrected chi connectivity index (χ0v) is 18.1. The Morgan fingerprint density at radius 3 is 2.52 bits per heavy atom. The summed E-state index contributed by atoms with van der Waals surface area (Å²) in [4.78, 5) is 24.1. The first-order valence-electron chi connectivity index (χ1n) is 10.8. The lowest BCUT2D eigenvalue weighted by Gasteiger charge is -2.26. The highest BCUT2D eigenvalue weighted by molar-refractivity contribution is 5.88. The molecule has 1 heterocycles. The van der Waals surface area contributed by atoms with E-state index in [9.17, 15) is 22.8 Å². The molecular formula is C25H26F3NO4. The number of ether oxygens (including phenoxy) is 2. The van der Waals surface area contributed by atoms with E-state index in [4.69, 9.17) is 4.74 Å². The van der Waals surface area contributed by atoms with Gasteiger partial charge in [0.2, 0.25) is 0 Å². The third-order valence-corrected chi connectivity index (χ3v) is 5.29. The summed E-state index contributed by atoms with van der Waals surface area (Å²) in [5.41, 5.74) is 3.49.